The van der Waals surface area contributed by atoms with E-state index in [2.05, 4.69) is 44.2 Å². The van der Waals surface area contributed by atoms with Gasteiger partial charge in [0.2, 0.25) is 0 Å². The van der Waals surface area contributed by atoms with E-state index in [4.69, 9.17) is 9.47 Å². The van der Waals surface area contributed by atoms with E-state index in [-0.39, 0.29) is 5.60 Å². The van der Waals surface area contributed by atoms with Crippen LogP contribution >= 0.6 is 0 Å². The maximum absolute atomic E-state index is 6.22. The number of benzene rings is 1. The Morgan fingerprint density at radius 1 is 1.43 bits per heavy atom. The highest BCUT2D eigenvalue weighted by Gasteiger charge is 2.35. The van der Waals surface area contributed by atoms with Crippen LogP contribution in [0.4, 0.5) is 0 Å². The average Bonchev–Trinajstić information content (AvgIpc) is 2.46. The van der Waals surface area contributed by atoms with E-state index < -0.39 is 0 Å². The van der Waals surface area contributed by atoms with Crippen molar-refractivity contribution in [1.82, 2.24) is 10.2 Å². The standard InChI is InChI=1S/C17H28N2O2/c1-6-17(2)12-15(18-9-10-19(3)4)14-11-13(20-5)7-8-16(14)21-17/h7-8,11,15,18H,6,9-10,12H2,1-5H3. The Kier molecular flexibility index (Phi) is 5.12. The Morgan fingerprint density at radius 3 is 2.81 bits per heavy atom. The molecule has 4 heteroatoms. The summed E-state index contributed by atoms with van der Waals surface area (Å²) in [6, 6.07) is 6.41. The minimum absolute atomic E-state index is 0.0998. The Morgan fingerprint density at radius 2 is 2.19 bits per heavy atom. The van der Waals surface area contributed by atoms with Crippen LogP contribution in [0.2, 0.25) is 0 Å². The molecule has 0 spiro atoms. The van der Waals surface area contributed by atoms with Crippen LogP contribution in [0.15, 0.2) is 18.2 Å². The topological polar surface area (TPSA) is 33.7 Å². The quantitative estimate of drug-likeness (QED) is 0.874. The zero-order valence-electron chi connectivity index (χ0n) is 13.9. The molecule has 0 aliphatic carbocycles. The van der Waals surface area contributed by atoms with E-state index >= 15 is 0 Å². The molecule has 1 N–H and O–H groups in total. The second kappa shape index (κ2) is 6.67. The number of likely N-dealkylation sites (N-methyl/N-ethyl adjacent to an activating group) is 1. The molecule has 0 aromatic heterocycles. The van der Waals surface area contributed by atoms with Crippen LogP contribution in [0.3, 0.4) is 0 Å². The van der Waals surface area contributed by atoms with Crippen molar-refractivity contribution in [2.75, 3.05) is 34.3 Å². The maximum atomic E-state index is 6.22. The smallest absolute Gasteiger partial charge is 0.125 e. The molecular formula is C17H28N2O2. The highest BCUT2D eigenvalue weighted by Crippen LogP contribution is 2.42. The van der Waals surface area contributed by atoms with Crippen LogP contribution in [0.25, 0.3) is 0 Å². The van der Waals surface area contributed by atoms with Crippen LogP contribution in [0, 0.1) is 0 Å². The van der Waals surface area contributed by atoms with Gasteiger partial charge in [-0.15, -0.1) is 0 Å². The van der Waals surface area contributed by atoms with E-state index in [1.165, 1.54) is 5.56 Å². The third-order valence-corrected chi connectivity index (χ3v) is 4.28. The van der Waals surface area contributed by atoms with Gasteiger partial charge in [0.05, 0.1) is 7.11 Å². The molecule has 0 radical (unpaired) electrons. The molecule has 1 heterocycles. The van der Waals surface area contributed by atoms with Crippen LogP contribution in [0.5, 0.6) is 11.5 Å². The Bertz CT molecular complexity index is 476. The van der Waals surface area contributed by atoms with E-state index in [0.717, 1.165) is 37.4 Å². The fourth-order valence-corrected chi connectivity index (χ4v) is 2.73. The van der Waals surface area contributed by atoms with Crippen molar-refractivity contribution < 1.29 is 9.47 Å². The largest absolute Gasteiger partial charge is 0.497 e. The van der Waals surface area contributed by atoms with Gasteiger partial charge in [0.15, 0.2) is 0 Å². The number of fused-ring (bicyclic) bond motifs is 1. The van der Waals surface area contributed by atoms with Gasteiger partial charge in [0.1, 0.15) is 17.1 Å². The second-order valence-corrected chi connectivity index (χ2v) is 6.32. The lowest BCUT2D eigenvalue weighted by molar-refractivity contribution is 0.0439. The molecule has 1 aromatic carbocycles. The van der Waals surface area contributed by atoms with Gasteiger partial charge in [0.25, 0.3) is 0 Å². The first-order chi connectivity index (χ1) is 9.97. The Labute approximate surface area is 128 Å². The fourth-order valence-electron chi connectivity index (χ4n) is 2.73. The summed E-state index contributed by atoms with van der Waals surface area (Å²) in [4.78, 5) is 2.19. The monoisotopic (exact) mass is 292 g/mol. The van der Waals surface area contributed by atoms with Crippen molar-refractivity contribution in [2.24, 2.45) is 0 Å². The molecule has 2 atom stereocenters. The molecule has 0 saturated heterocycles. The Hall–Kier alpha value is -1.26. The van der Waals surface area contributed by atoms with Gasteiger partial charge < -0.3 is 19.7 Å². The molecule has 0 bridgehead atoms. The van der Waals surface area contributed by atoms with Gasteiger partial charge in [-0.25, -0.2) is 0 Å². The minimum Gasteiger partial charge on any atom is -0.497 e. The van der Waals surface area contributed by atoms with Crippen molar-refractivity contribution in [3.05, 3.63) is 23.8 Å². The molecule has 0 fully saturated rings. The Balaban J connectivity index is 2.21. The van der Waals surface area contributed by atoms with E-state index in [1.807, 2.05) is 12.1 Å². The molecule has 2 unspecified atom stereocenters. The first kappa shape index (κ1) is 16.1. The predicted octanol–water partition coefficient (Wildman–Crippen LogP) is 2.84. The average molecular weight is 292 g/mol. The van der Waals surface area contributed by atoms with Gasteiger partial charge in [-0.3, -0.25) is 0 Å². The molecule has 0 amide bonds. The lowest BCUT2D eigenvalue weighted by Gasteiger charge is -2.40. The highest BCUT2D eigenvalue weighted by atomic mass is 16.5. The summed E-state index contributed by atoms with van der Waals surface area (Å²) in [6.45, 7) is 6.37. The van der Waals surface area contributed by atoms with E-state index in [0.29, 0.717) is 6.04 Å². The summed E-state index contributed by atoms with van der Waals surface area (Å²) in [6.07, 6.45) is 1.99. The fraction of sp³-hybridized carbons (Fsp3) is 0.647. The van der Waals surface area contributed by atoms with Crippen molar-refractivity contribution in [2.45, 2.75) is 38.3 Å². The molecule has 21 heavy (non-hydrogen) atoms. The zero-order chi connectivity index (χ0) is 15.5. The summed E-state index contributed by atoms with van der Waals surface area (Å²) in [5.74, 6) is 1.87. The van der Waals surface area contributed by atoms with Crippen LogP contribution in [-0.4, -0.2) is 44.8 Å². The van der Waals surface area contributed by atoms with E-state index in [9.17, 15) is 0 Å². The number of nitrogens with one attached hydrogen (secondary N) is 1. The predicted molar refractivity (Wildman–Crippen MR) is 86.2 cm³/mol. The molecule has 1 aliphatic rings. The summed E-state index contributed by atoms with van der Waals surface area (Å²) in [5, 5.41) is 3.67. The number of nitrogens with zero attached hydrogens (tertiary/aromatic N) is 1. The molecule has 118 valence electrons. The van der Waals surface area contributed by atoms with Crippen LogP contribution < -0.4 is 14.8 Å². The van der Waals surface area contributed by atoms with Crippen LogP contribution in [0.1, 0.15) is 38.3 Å². The van der Waals surface area contributed by atoms with Gasteiger partial charge in [0, 0.05) is 31.1 Å². The molecule has 0 saturated carbocycles. The number of rotatable bonds is 6. The molecular weight excluding hydrogens is 264 g/mol. The zero-order valence-corrected chi connectivity index (χ0v) is 13.9. The highest BCUT2D eigenvalue weighted by molar-refractivity contribution is 5.44. The number of hydrogen-bond acceptors (Lipinski definition) is 4. The normalized spacial score (nSPS) is 24.6. The molecule has 1 aromatic rings. The molecule has 4 nitrogen and oxygen atoms in total. The second-order valence-electron chi connectivity index (χ2n) is 6.32. The summed E-state index contributed by atoms with van der Waals surface area (Å²) < 4.78 is 11.6. The summed E-state index contributed by atoms with van der Waals surface area (Å²) >= 11 is 0. The third-order valence-electron chi connectivity index (χ3n) is 4.28. The summed E-state index contributed by atoms with van der Waals surface area (Å²) in [5.41, 5.74) is 1.11. The van der Waals surface area contributed by atoms with Crippen molar-refractivity contribution in [1.29, 1.82) is 0 Å². The third kappa shape index (κ3) is 3.89. The van der Waals surface area contributed by atoms with Gasteiger partial charge in [-0.05, 0) is 45.6 Å². The maximum Gasteiger partial charge on any atom is 0.125 e. The lowest BCUT2D eigenvalue weighted by Crippen LogP contribution is -2.42. The first-order valence-electron chi connectivity index (χ1n) is 7.72. The van der Waals surface area contributed by atoms with Crippen molar-refractivity contribution >= 4 is 0 Å². The van der Waals surface area contributed by atoms with Crippen molar-refractivity contribution in [3.63, 3.8) is 0 Å². The number of methoxy groups -OCH3 is 1. The summed E-state index contributed by atoms with van der Waals surface area (Å²) in [7, 11) is 5.90. The van der Waals surface area contributed by atoms with Gasteiger partial charge in [-0.2, -0.15) is 0 Å². The van der Waals surface area contributed by atoms with Crippen LogP contribution in [-0.2, 0) is 0 Å². The van der Waals surface area contributed by atoms with E-state index in [1.54, 1.807) is 7.11 Å². The number of hydrogen-bond donors (Lipinski definition) is 1. The molecule has 2 rings (SSSR count). The van der Waals surface area contributed by atoms with Crippen molar-refractivity contribution in [3.8, 4) is 11.5 Å². The minimum atomic E-state index is -0.0998. The van der Waals surface area contributed by atoms with Gasteiger partial charge >= 0.3 is 0 Å². The number of ether oxygens (including phenoxy) is 2. The lowest BCUT2D eigenvalue weighted by atomic mass is 9.86. The SMILES string of the molecule is CCC1(C)CC(NCCN(C)C)c2cc(OC)ccc2O1. The molecule has 1 aliphatic heterocycles. The first-order valence-corrected chi connectivity index (χ1v) is 7.72. The van der Waals surface area contributed by atoms with Gasteiger partial charge in [-0.1, -0.05) is 6.92 Å².